The van der Waals surface area contributed by atoms with Gasteiger partial charge in [-0.3, -0.25) is 9.59 Å². The molecule has 1 atom stereocenters. The third-order valence-corrected chi connectivity index (χ3v) is 4.62. The quantitative estimate of drug-likeness (QED) is 0.605. The predicted octanol–water partition coefficient (Wildman–Crippen LogP) is 2.55. The maximum atomic E-state index is 13.1. The van der Waals surface area contributed by atoms with Gasteiger partial charge in [0.25, 0.3) is 0 Å². The Morgan fingerprint density at radius 3 is 2.24 bits per heavy atom. The van der Waals surface area contributed by atoms with Gasteiger partial charge in [0.15, 0.2) is 0 Å². The van der Waals surface area contributed by atoms with E-state index in [-0.39, 0.29) is 18.8 Å². The van der Waals surface area contributed by atoms with Gasteiger partial charge in [0.05, 0.1) is 25.3 Å². The first kappa shape index (κ1) is 22.5. The number of ether oxygens (including phenoxy) is 1. The molecule has 0 spiro atoms. The molecule has 0 aromatic heterocycles. The minimum atomic E-state index is -3.59. The fraction of sp³-hybridized carbons (Fsp3) is 0.300. The maximum absolute atomic E-state index is 13.1. The second kappa shape index (κ2) is 10.1. The van der Waals surface area contributed by atoms with E-state index in [1.807, 2.05) is 0 Å². The summed E-state index contributed by atoms with van der Waals surface area (Å²) in [5.74, 6) is -1.22. The van der Waals surface area contributed by atoms with Crippen LogP contribution in [0.4, 0.5) is 10.1 Å². The van der Waals surface area contributed by atoms with Crippen LogP contribution in [-0.2, 0) is 30.8 Å². The number of benzene rings is 2. The summed E-state index contributed by atoms with van der Waals surface area (Å²) in [7, 11) is -3.59. The van der Waals surface area contributed by atoms with Crippen molar-refractivity contribution in [3.63, 3.8) is 0 Å². The van der Waals surface area contributed by atoms with Crippen LogP contribution in [0.5, 0.6) is 0 Å². The van der Waals surface area contributed by atoms with E-state index in [0.29, 0.717) is 17.9 Å². The first-order valence-corrected chi connectivity index (χ1v) is 10.8. The highest BCUT2D eigenvalue weighted by Gasteiger charge is 2.20. The molecule has 0 aliphatic rings. The van der Waals surface area contributed by atoms with Crippen molar-refractivity contribution < 1.29 is 27.1 Å². The molecule has 2 aromatic rings. The number of carbonyl (C=O) groups is 2. The Labute approximate surface area is 169 Å². The van der Waals surface area contributed by atoms with E-state index in [2.05, 4.69) is 10.0 Å². The zero-order valence-electron chi connectivity index (χ0n) is 16.1. The molecular weight excluding hydrogens is 399 g/mol. The third-order valence-electron chi connectivity index (χ3n) is 3.91. The van der Waals surface area contributed by atoms with Crippen molar-refractivity contribution in [2.24, 2.45) is 0 Å². The molecule has 2 aromatic carbocycles. The fourth-order valence-corrected chi connectivity index (χ4v) is 3.40. The molecule has 0 saturated carbocycles. The number of carbonyl (C=O) groups excluding carboxylic acids is 2. The minimum Gasteiger partial charge on any atom is -0.466 e. The van der Waals surface area contributed by atoms with Crippen LogP contribution < -0.4 is 10.0 Å². The Morgan fingerprint density at radius 1 is 1.07 bits per heavy atom. The molecule has 0 aliphatic carbocycles. The van der Waals surface area contributed by atoms with Gasteiger partial charge in [0, 0.05) is 12.1 Å². The van der Waals surface area contributed by atoms with Crippen LogP contribution in [0.2, 0.25) is 0 Å². The zero-order chi connectivity index (χ0) is 21.4. The highest BCUT2D eigenvalue weighted by molar-refractivity contribution is 7.88. The Kier molecular flexibility index (Phi) is 7.86. The Hall–Kier alpha value is -2.78. The first-order chi connectivity index (χ1) is 13.7. The number of anilines is 1. The van der Waals surface area contributed by atoms with Crippen molar-refractivity contribution in [2.75, 3.05) is 18.2 Å². The average molecular weight is 422 g/mol. The van der Waals surface area contributed by atoms with Crippen LogP contribution >= 0.6 is 0 Å². The van der Waals surface area contributed by atoms with Crippen molar-refractivity contribution in [1.82, 2.24) is 4.72 Å². The van der Waals surface area contributed by atoms with E-state index in [4.69, 9.17) is 4.74 Å². The molecular formula is C20H23FN2O5S. The lowest BCUT2D eigenvalue weighted by atomic mass is 10.0. The Morgan fingerprint density at radius 2 is 1.69 bits per heavy atom. The zero-order valence-corrected chi connectivity index (χ0v) is 17.0. The summed E-state index contributed by atoms with van der Waals surface area (Å²) in [6, 6.07) is 11.1. The summed E-state index contributed by atoms with van der Waals surface area (Å²) in [5.41, 5.74) is 1.71. The largest absolute Gasteiger partial charge is 0.466 e. The van der Waals surface area contributed by atoms with Gasteiger partial charge in [-0.1, -0.05) is 24.3 Å². The van der Waals surface area contributed by atoms with Gasteiger partial charge in [0.1, 0.15) is 5.82 Å². The second-order valence-electron chi connectivity index (χ2n) is 6.43. The molecule has 0 unspecified atom stereocenters. The molecule has 0 fully saturated rings. The van der Waals surface area contributed by atoms with Gasteiger partial charge in [0.2, 0.25) is 15.9 Å². The maximum Gasteiger partial charge on any atom is 0.310 e. The van der Waals surface area contributed by atoms with Gasteiger partial charge in [-0.2, -0.15) is 0 Å². The molecule has 0 saturated heterocycles. The first-order valence-electron chi connectivity index (χ1n) is 8.93. The van der Waals surface area contributed by atoms with Crippen LogP contribution in [0.15, 0.2) is 48.5 Å². The summed E-state index contributed by atoms with van der Waals surface area (Å²) in [6.45, 7) is 2.04. The third kappa shape index (κ3) is 8.00. The Bertz CT molecular complexity index is 944. The summed E-state index contributed by atoms with van der Waals surface area (Å²) in [4.78, 5) is 23.9. The van der Waals surface area contributed by atoms with Gasteiger partial charge in [-0.25, -0.2) is 17.5 Å². The average Bonchev–Trinajstić information content (AvgIpc) is 2.62. The second-order valence-corrected chi connectivity index (χ2v) is 8.21. The molecule has 7 nitrogen and oxygen atoms in total. The van der Waals surface area contributed by atoms with Crippen molar-refractivity contribution in [2.45, 2.75) is 25.8 Å². The highest BCUT2D eigenvalue weighted by Crippen LogP contribution is 2.20. The van der Waals surface area contributed by atoms with Crippen molar-refractivity contribution >= 4 is 27.6 Å². The number of esters is 1. The number of sulfonamides is 1. The highest BCUT2D eigenvalue weighted by atomic mass is 32.2. The molecule has 0 heterocycles. The molecule has 1 amide bonds. The number of rotatable bonds is 9. The molecule has 9 heteroatoms. The fourth-order valence-electron chi connectivity index (χ4n) is 2.66. The van der Waals surface area contributed by atoms with Gasteiger partial charge in [-0.05, 0) is 42.3 Å². The van der Waals surface area contributed by atoms with Crippen LogP contribution in [0, 0.1) is 5.82 Å². The summed E-state index contributed by atoms with van der Waals surface area (Å²) >= 11 is 0. The monoisotopic (exact) mass is 422 g/mol. The number of hydrogen-bond acceptors (Lipinski definition) is 5. The van der Waals surface area contributed by atoms with Crippen LogP contribution in [0.1, 0.15) is 30.5 Å². The lowest BCUT2D eigenvalue weighted by Crippen LogP contribution is -2.30. The molecule has 156 valence electrons. The van der Waals surface area contributed by atoms with Gasteiger partial charge >= 0.3 is 5.97 Å². The minimum absolute atomic E-state index is 0.132. The van der Waals surface area contributed by atoms with Crippen LogP contribution in [0.25, 0.3) is 0 Å². The van der Waals surface area contributed by atoms with E-state index in [0.717, 1.165) is 11.8 Å². The molecule has 29 heavy (non-hydrogen) atoms. The van der Waals surface area contributed by atoms with E-state index < -0.39 is 27.8 Å². The van der Waals surface area contributed by atoms with Crippen molar-refractivity contribution in [3.05, 3.63) is 65.5 Å². The standard InChI is InChI=1S/C20H23FN2O5S/c1-3-28-20(25)12-14-4-10-17(11-5-14)22-19(24)13-18(23-29(2,26)27)15-6-8-16(21)9-7-15/h4-11,18,23H,3,12-13H2,1-2H3,(H,22,24)/t18-/m1/s1. The van der Waals surface area contributed by atoms with Crippen molar-refractivity contribution in [1.29, 1.82) is 0 Å². The lowest BCUT2D eigenvalue weighted by Gasteiger charge is -2.18. The molecule has 2 N–H and O–H groups in total. The van der Waals surface area contributed by atoms with Crippen molar-refractivity contribution in [3.8, 4) is 0 Å². The molecule has 0 aliphatic heterocycles. The molecule has 0 bridgehead atoms. The lowest BCUT2D eigenvalue weighted by molar-refractivity contribution is -0.142. The smallest absolute Gasteiger partial charge is 0.310 e. The summed E-state index contributed by atoms with van der Waals surface area (Å²) in [6.07, 6.45) is 0.944. The van der Waals surface area contributed by atoms with E-state index in [9.17, 15) is 22.4 Å². The SMILES string of the molecule is CCOC(=O)Cc1ccc(NC(=O)C[C@@H](NS(C)(=O)=O)c2ccc(F)cc2)cc1. The number of halogens is 1. The Balaban J connectivity index is 2.03. The van der Waals surface area contributed by atoms with Crippen LogP contribution in [-0.4, -0.2) is 33.2 Å². The van der Waals surface area contributed by atoms with E-state index >= 15 is 0 Å². The molecule has 0 radical (unpaired) electrons. The normalized spacial score (nSPS) is 12.2. The van der Waals surface area contributed by atoms with Crippen LogP contribution in [0.3, 0.4) is 0 Å². The number of hydrogen-bond donors (Lipinski definition) is 2. The van der Waals surface area contributed by atoms with Gasteiger partial charge < -0.3 is 10.1 Å². The topological polar surface area (TPSA) is 102 Å². The summed E-state index contributed by atoms with van der Waals surface area (Å²) < 4.78 is 43.7. The predicted molar refractivity (Wildman–Crippen MR) is 107 cm³/mol. The van der Waals surface area contributed by atoms with E-state index in [1.165, 1.54) is 24.3 Å². The summed E-state index contributed by atoms with van der Waals surface area (Å²) in [5, 5.41) is 2.68. The van der Waals surface area contributed by atoms with Gasteiger partial charge in [-0.15, -0.1) is 0 Å². The number of amides is 1. The van der Waals surface area contributed by atoms with E-state index in [1.54, 1.807) is 31.2 Å². The number of nitrogens with one attached hydrogen (secondary N) is 2. The molecule has 2 rings (SSSR count).